The summed E-state index contributed by atoms with van der Waals surface area (Å²) in [6.07, 6.45) is 2.51. The van der Waals surface area contributed by atoms with Gasteiger partial charge in [-0.25, -0.2) is 4.79 Å². The van der Waals surface area contributed by atoms with Crippen LogP contribution in [0.15, 0.2) is 67.0 Å². The van der Waals surface area contributed by atoms with Crippen LogP contribution in [0.1, 0.15) is 81.8 Å². The minimum absolute atomic E-state index is 0.0348. The van der Waals surface area contributed by atoms with Gasteiger partial charge in [0.1, 0.15) is 36.4 Å². The Balaban J connectivity index is 1.42. The molecule has 0 bridgehead atoms. The van der Waals surface area contributed by atoms with E-state index in [-0.39, 0.29) is 32.9 Å². The zero-order valence-corrected chi connectivity index (χ0v) is 33.3. The number of aliphatic hydroxyl groups excluding tert-OH is 1. The molecule has 0 saturated carbocycles. The first-order valence-corrected chi connectivity index (χ1v) is 18.4. The standard InChI is InChI=1S/C42H49BClN3O7/c1-27-31(12-10-13-33(27)34-14-11-15-35(28(34)2)43-53-41(6,7)42(8,9)54-43)26-51-38-20-37(50-25-30-18-29(21-45)22-46-23-30)32(19-36(38)44)24-47(16-17-48)39(49)52-40(3,4)5/h10-15,18-20,22-23,48H,16-17,24-26H2,1-9H3. The van der Waals surface area contributed by atoms with E-state index in [2.05, 4.69) is 70.8 Å². The van der Waals surface area contributed by atoms with Gasteiger partial charge in [-0.3, -0.25) is 4.98 Å². The van der Waals surface area contributed by atoms with Crippen LogP contribution in [0.4, 0.5) is 4.79 Å². The molecule has 0 spiro atoms. The molecule has 1 N–H and O–H groups in total. The monoisotopic (exact) mass is 753 g/mol. The van der Waals surface area contributed by atoms with Crippen molar-refractivity contribution in [2.75, 3.05) is 13.2 Å². The predicted octanol–water partition coefficient (Wildman–Crippen LogP) is 8.08. The number of halogens is 1. The highest BCUT2D eigenvalue weighted by Gasteiger charge is 2.52. The Morgan fingerprint density at radius 3 is 2.22 bits per heavy atom. The maximum Gasteiger partial charge on any atom is 0.495 e. The van der Waals surface area contributed by atoms with Gasteiger partial charge in [0.15, 0.2) is 0 Å². The summed E-state index contributed by atoms with van der Waals surface area (Å²) >= 11 is 6.84. The molecule has 284 valence electrons. The van der Waals surface area contributed by atoms with Crippen LogP contribution in [0.5, 0.6) is 11.5 Å². The van der Waals surface area contributed by atoms with Gasteiger partial charge in [-0.15, -0.1) is 0 Å². The molecule has 10 nitrogen and oxygen atoms in total. The van der Waals surface area contributed by atoms with Gasteiger partial charge in [-0.1, -0.05) is 48.0 Å². The SMILES string of the molecule is Cc1c(COc2cc(OCc3cncc(C#N)c3)c(CN(CCO)C(=O)OC(C)(C)C)cc2Cl)cccc1-c1cccc(B2OC(C)(C)C(C)(C)O2)c1C. The minimum Gasteiger partial charge on any atom is -0.488 e. The quantitative estimate of drug-likeness (QED) is 0.143. The number of nitriles is 1. The van der Waals surface area contributed by atoms with Gasteiger partial charge in [0, 0.05) is 36.1 Å². The number of hydrogen-bond donors (Lipinski definition) is 1. The van der Waals surface area contributed by atoms with Crippen LogP contribution in [-0.4, -0.2) is 58.2 Å². The van der Waals surface area contributed by atoms with E-state index in [1.165, 1.54) is 11.1 Å². The maximum absolute atomic E-state index is 13.1. The lowest BCUT2D eigenvalue weighted by atomic mass is 9.74. The highest BCUT2D eigenvalue weighted by Crippen LogP contribution is 2.38. The predicted molar refractivity (Wildman–Crippen MR) is 210 cm³/mol. The Kier molecular flexibility index (Phi) is 12.3. The van der Waals surface area contributed by atoms with Gasteiger partial charge in [0.25, 0.3) is 0 Å². The lowest BCUT2D eigenvalue weighted by Gasteiger charge is -2.32. The Morgan fingerprint density at radius 1 is 0.926 bits per heavy atom. The number of nitrogens with zero attached hydrogens (tertiary/aromatic N) is 3. The normalized spacial score (nSPS) is 14.7. The number of aromatic nitrogens is 1. The molecule has 1 fully saturated rings. The van der Waals surface area contributed by atoms with Crippen LogP contribution >= 0.6 is 11.6 Å². The summed E-state index contributed by atoms with van der Waals surface area (Å²) in [4.78, 5) is 18.6. The largest absolute Gasteiger partial charge is 0.495 e. The van der Waals surface area contributed by atoms with Crippen LogP contribution in [0.3, 0.4) is 0 Å². The fraction of sp³-hybridized carbons (Fsp3) is 0.405. The van der Waals surface area contributed by atoms with Crippen molar-refractivity contribution in [1.82, 2.24) is 9.88 Å². The number of amides is 1. The topological polar surface area (TPSA) is 123 Å². The van der Waals surface area contributed by atoms with E-state index in [1.54, 1.807) is 45.2 Å². The van der Waals surface area contributed by atoms with E-state index >= 15 is 0 Å². The smallest absolute Gasteiger partial charge is 0.488 e. The van der Waals surface area contributed by atoms with Crippen LogP contribution in [0, 0.1) is 25.2 Å². The van der Waals surface area contributed by atoms with Crippen molar-refractivity contribution in [2.45, 2.75) is 98.9 Å². The Hall–Kier alpha value is -4.60. The molecule has 4 aromatic rings. The van der Waals surface area contributed by atoms with Crippen LogP contribution in [0.2, 0.25) is 5.02 Å². The molecular formula is C42H49BClN3O7. The lowest BCUT2D eigenvalue weighted by Crippen LogP contribution is -2.41. The summed E-state index contributed by atoms with van der Waals surface area (Å²) in [6.45, 7) is 17.8. The first-order chi connectivity index (χ1) is 25.4. The second-order valence-electron chi connectivity index (χ2n) is 15.5. The average molecular weight is 754 g/mol. The van der Waals surface area contributed by atoms with Crippen LogP contribution < -0.4 is 14.9 Å². The number of hydrogen-bond acceptors (Lipinski definition) is 9. The van der Waals surface area contributed by atoms with Crippen molar-refractivity contribution >= 4 is 30.3 Å². The molecule has 0 atom stereocenters. The fourth-order valence-corrected chi connectivity index (χ4v) is 6.32. The van der Waals surface area contributed by atoms with Crippen LogP contribution in [0.25, 0.3) is 11.1 Å². The highest BCUT2D eigenvalue weighted by atomic mass is 35.5. The number of carbonyl (C=O) groups excluding carboxylic acids is 1. The molecule has 1 saturated heterocycles. The van der Waals surface area contributed by atoms with E-state index in [4.69, 9.17) is 35.1 Å². The minimum atomic E-state index is -0.734. The molecular weight excluding hydrogens is 705 g/mol. The molecule has 2 heterocycles. The van der Waals surface area contributed by atoms with Crippen molar-refractivity contribution in [2.24, 2.45) is 0 Å². The van der Waals surface area contributed by atoms with Crippen molar-refractivity contribution in [1.29, 1.82) is 5.26 Å². The van der Waals surface area contributed by atoms with Gasteiger partial charge < -0.3 is 33.5 Å². The first kappa shape index (κ1) is 40.6. The van der Waals surface area contributed by atoms with Gasteiger partial charge in [-0.05, 0) is 108 Å². The number of rotatable bonds is 12. The molecule has 0 aliphatic carbocycles. The number of aliphatic hydroxyl groups is 1. The van der Waals surface area contributed by atoms with Gasteiger partial charge >= 0.3 is 13.2 Å². The summed E-state index contributed by atoms with van der Waals surface area (Å²) in [5.74, 6) is 0.790. The van der Waals surface area contributed by atoms with E-state index in [0.29, 0.717) is 33.2 Å². The molecule has 1 amide bonds. The van der Waals surface area contributed by atoms with Crippen LogP contribution in [-0.2, 0) is 33.8 Å². The Bertz CT molecular complexity index is 2020. The summed E-state index contributed by atoms with van der Waals surface area (Å²) in [6, 6.07) is 19.5. The molecule has 12 heteroatoms. The zero-order chi connectivity index (χ0) is 39.4. The first-order valence-electron chi connectivity index (χ1n) is 18.0. The summed E-state index contributed by atoms with van der Waals surface area (Å²) in [5, 5.41) is 19.4. The second-order valence-corrected chi connectivity index (χ2v) is 15.9. The third kappa shape index (κ3) is 9.37. The number of carbonyl (C=O) groups is 1. The van der Waals surface area contributed by atoms with Gasteiger partial charge in [0.2, 0.25) is 0 Å². The molecule has 1 aromatic heterocycles. The van der Waals surface area contributed by atoms with E-state index < -0.39 is 30.0 Å². The Morgan fingerprint density at radius 2 is 1.57 bits per heavy atom. The number of pyridine rings is 1. The number of benzene rings is 3. The Labute approximate surface area is 324 Å². The summed E-state index contributed by atoms with van der Waals surface area (Å²) in [7, 11) is -0.477. The maximum atomic E-state index is 13.1. The summed E-state index contributed by atoms with van der Waals surface area (Å²) in [5.41, 5.74) is 6.26. The highest BCUT2D eigenvalue weighted by molar-refractivity contribution is 6.62. The lowest BCUT2D eigenvalue weighted by molar-refractivity contribution is 0.00578. The molecule has 0 unspecified atom stereocenters. The van der Waals surface area contributed by atoms with Crippen molar-refractivity contribution in [3.63, 3.8) is 0 Å². The molecule has 1 aliphatic heterocycles. The molecule has 54 heavy (non-hydrogen) atoms. The second kappa shape index (κ2) is 16.4. The molecule has 5 rings (SSSR count). The zero-order valence-electron chi connectivity index (χ0n) is 32.6. The average Bonchev–Trinajstić information content (AvgIpc) is 3.32. The summed E-state index contributed by atoms with van der Waals surface area (Å²) < 4.78 is 31.0. The number of ether oxygens (including phenoxy) is 3. The molecule has 1 aliphatic rings. The van der Waals surface area contributed by atoms with Gasteiger partial charge in [0.05, 0.1) is 34.9 Å². The van der Waals surface area contributed by atoms with E-state index in [0.717, 1.165) is 33.3 Å². The van der Waals surface area contributed by atoms with E-state index in [9.17, 15) is 15.2 Å². The molecule has 0 radical (unpaired) electrons. The fourth-order valence-electron chi connectivity index (χ4n) is 6.08. The third-order valence-electron chi connectivity index (χ3n) is 9.82. The van der Waals surface area contributed by atoms with Crippen molar-refractivity contribution in [3.8, 4) is 28.7 Å². The molecule has 3 aromatic carbocycles. The third-order valence-corrected chi connectivity index (χ3v) is 10.1. The van der Waals surface area contributed by atoms with Gasteiger partial charge in [-0.2, -0.15) is 5.26 Å². The van der Waals surface area contributed by atoms with E-state index in [1.807, 2.05) is 18.2 Å². The van der Waals surface area contributed by atoms with Crippen molar-refractivity contribution < 1.29 is 33.4 Å². The van der Waals surface area contributed by atoms with Crippen molar-refractivity contribution in [3.05, 3.63) is 105 Å².